The summed E-state index contributed by atoms with van der Waals surface area (Å²) >= 11 is 12.2. The van der Waals surface area contributed by atoms with Crippen LogP contribution < -0.4 is 10.6 Å². The van der Waals surface area contributed by atoms with Crippen molar-refractivity contribution in [3.05, 3.63) is 136 Å². The van der Waals surface area contributed by atoms with Gasteiger partial charge in [0.2, 0.25) is 0 Å². The highest BCUT2D eigenvalue weighted by Crippen LogP contribution is 2.30. The van der Waals surface area contributed by atoms with Gasteiger partial charge in [0.1, 0.15) is 12.2 Å². The van der Waals surface area contributed by atoms with Crippen molar-refractivity contribution in [3.8, 4) is 0 Å². The van der Waals surface area contributed by atoms with Gasteiger partial charge < -0.3 is 29.7 Å². The minimum absolute atomic E-state index is 0.106. The van der Waals surface area contributed by atoms with Crippen molar-refractivity contribution >= 4 is 40.8 Å². The average Bonchev–Trinajstić information content (AvgIpc) is 3.09. The van der Waals surface area contributed by atoms with Gasteiger partial charge in [0, 0.05) is 18.8 Å². The van der Waals surface area contributed by atoms with Crippen LogP contribution in [0.2, 0.25) is 10.0 Å². The van der Waals surface area contributed by atoms with Crippen LogP contribution in [-0.4, -0.2) is 54.3 Å². The Bertz CT molecular complexity index is 1580. The molecule has 0 spiro atoms. The molecule has 5 rings (SSSR count). The highest BCUT2D eigenvalue weighted by molar-refractivity contribution is 6.42. The van der Waals surface area contributed by atoms with E-state index in [0.717, 1.165) is 16.7 Å². The fourth-order valence-corrected chi connectivity index (χ4v) is 5.87. The summed E-state index contributed by atoms with van der Waals surface area (Å²) < 4.78 is 19.6. The van der Waals surface area contributed by atoms with Crippen LogP contribution in [-0.2, 0) is 38.8 Å². The van der Waals surface area contributed by atoms with E-state index < -0.39 is 30.4 Å². The largest absolute Gasteiger partial charge is 0.368 e. The number of carbonyl (C=O) groups is 2. The molecule has 1 saturated heterocycles. The van der Waals surface area contributed by atoms with Gasteiger partial charge in [-0.05, 0) is 41.3 Å². The number of anilines is 1. The van der Waals surface area contributed by atoms with Gasteiger partial charge in [-0.15, -0.1) is 0 Å². The van der Waals surface area contributed by atoms with Crippen LogP contribution in [0.5, 0.6) is 0 Å². The van der Waals surface area contributed by atoms with Crippen LogP contribution >= 0.6 is 23.2 Å². The minimum Gasteiger partial charge on any atom is -0.368 e. The monoisotopic (exact) mass is 675 g/mol. The topological polar surface area (TPSA) is 89.1 Å². The standard InChI is InChI=1S/C37H39Cl2N3O5/c1-2-20-42-32(22-40-37(44)41-29-18-19-30(38)31(39)21-29)33(45-23-26-12-6-3-7-13-26)34(46-24-27-14-8-4-9-15-27)35(36(42)43)47-25-28-16-10-5-11-17-28/h3-19,21,32-35H,2,20,22-25H2,1H3,(H2,40,41,44)/t32-,33-,34-,35-/m1/s1. The third kappa shape index (κ3) is 9.56. The molecule has 0 bridgehead atoms. The normalized spacial score (nSPS) is 19.4. The summed E-state index contributed by atoms with van der Waals surface area (Å²) in [7, 11) is 0. The molecule has 3 amide bonds. The third-order valence-corrected chi connectivity index (χ3v) is 8.62. The van der Waals surface area contributed by atoms with E-state index in [1.165, 1.54) is 0 Å². The van der Waals surface area contributed by atoms with E-state index in [-0.39, 0.29) is 32.3 Å². The zero-order chi connectivity index (χ0) is 33.0. The minimum atomic E-state index is -0.937. The molecule has 1 aliphatic rings. The number of nitrogens with zero attached hydrogens (tertiary/aromatic N) is 1. The van der Waals surface area contributed by atoms with Gasteiger partial charge in [0.25, 0.3) is 5.91 Å². The highest BCUT2D eigenvalue weighted by atomic mass is 35.5. The Hall–Kier alpha value is -3.92. The molecule has 4 aromatic carbocycles. The molecular weight excluding hydrogens is 637 g/mol. The lowest BCUT2D eigenvalue weighted by atomic mass is 9.91. The fourth-order valence-electron chi connectivity index (χ4n) is 5.57. The molecular formula is C37H39Cl2N3O5. The molecule has 0 aromatic heterocycles. The van der Waals surface area contributed by atoms with Gasteiger partial charge in [-0.2, -0.15) is 0 Å². The number of hydrogen-bond acceptors (Lipinski definition) is 5. The number of ether oxygens (including phenoxy) is 3. The van der Waals surface area contributed by atoms with Gasteiger partial charge in [0.15, 0.2) is 6.10 Å². The summed E-state index contributed by atoms with van der Waals surface area (Å²) in [5.74, 6) is -0.211. The number of carbonyl (C=O) groups excluding carboxylic acids is 2. The molecule has 246 valence electrons. The molecule has 4 atom stereocenters. The molecule has 47 heavy (non-hydrogen) atoms. The molecule has 1 fully saturated rings. The van der Waals surface area contributed by atoms with Crippen molar-refractivity contribution in [1.29, 1.82) is 0 Å². The zero-order valence-corrected chi connectivity index (χ0v) is 27.7. The van der Waals surface area contributed by atoms with Gasteiger partial charge in [-0.25, -0.2) is 4.79 Å². The lowest BCUT2D eigenvalue weighted by Gasteiger charge is -2.48. The Kier molecular flexibility index (Phi) is 12.7. The number of urea groups is 1. The first-order valence-electron chi connectivity index (χ1n) is 15.7. The Balaban J connectivity index is 1.43. The SMILES string of the molecule is CCCN1C(=O)[C@H](OCc2ccccc2)[C@H](OCc2ccccc2)[C@H](OCc2ccccc2)[C@H]1CNC(=O)Nc1ccc(Cl)c(Cl)c1. The summed E-state index contributed by atoms with van der Waals surface area (Å²) in [6.45, 7) is 3.31. The van der Waals surface area contributed by atoms with Crippen molar-refractivity contribution in [1.82, 2.24) is 10.2 Å². The summed E-state index contributed by atoms with van der Waals surface area (Å²) in [5.41, 5.74) is 3.35. The van der Waals surface area contributed by atoms with Crippen LogP contribution in [0, 0.1) is 0 Å². The maximum Gasteiger partial charge on any atom is 0.319 e. The third-order valence-electron chi connectivity index (χ3n) is 7.88. The first kappa shape index (κ1) is 34.4. The molecule has 0 saturated carbocycles. The van der Waals surface area contributed by atoms with E-state index in [0.29, 0.717) is 28.7 Å². The zero-order valence-electron chi connectivity index (χ0n) is 26.2. The predicted octanol–water partition coefficient (Wildman–Crippen LogP) is 7.49. The van der Waals surface area contributed by atoms with Crippen molar-refractivity contribution < 1.29 is 23.8 Å². The second kappa shape index (κ2) is 17.3. The number of hydrogen-bond donors (Lipinski definition) is 2. The van der Waals surface area contributed by atoms with Crippen molar-refractivity contribution in [2.75, 3.05) is 18.4 Å². The van der Waals surface area contributed by atoms with Crippen LogP contribution in [0.3, 0.4) is 0 Å². The number of amides is 3. The van der Waals surface area contributed by atoms with Gasteiger partial charge in [0.05, 0.1) is 35.9 Å². The van der Waals surface area contributed by atoms with E-state index in [1.54, 1.807) is 23.1 Å². The van der Waals surface area contributed by atoms with E-state index >= 15 is 0 Å². The Morgan fingerprint density at radius 3 is 1.79 bits per heavy atom. The Morgan fingerprint density at radius 1 is 0.723 bits per heavy atom. The molecule has 0 unspecified atom stereocenters. The maximum absolute atomic E-state index is 14.3. The van der Waals surface area contributed by atoms with E-state index in [9.17, 15) is 9.59 Å². The van der Waals surface area contributed by atoms with Crippen LogP contribution in [0.25, 0.3) is 0 Å². The summed E-state index contributed by atoms with van der Waals surface area (Å²) in [5, 5.41) is 6.45. The van der Waals surface area contributed by atoms with Gasteiger partial charge in [-0.1, -0.05) is 121 Å². The summed E-state index contributed by atoms with van der Waals surface area (Å²) in [6.07, 6.45) is -1.65. The maximum atomic E-state index is 14.3. The molecule has 0 radical (unpaired) electrons. The quantitative estimate of drug-likeness (QED) is 0.145. The van der Waals surface area contributed by atoms with Crippen LogP contribution in [0.1, 0.15) is 30.0 Å². The molecule has 1 aliphatic heterocycles. The highest BCUT2D eigenvalue weighted by Gasteiger charge is 2.50. The first-order valence-corrected chi connectivity index (χ1v) is 16.5. The van der Waals surface area contributed by atoms with E-state index in [4.69, 9.17) is 37.4 Å². The lowest BCUT2D eigenvalue weighted by Crippen LogP contribution is -2.68. The van der Waals surface area contributed by atoms with E-state index in [1.807, 2.05) is 97.9 Å². The molecule has 4 aromatic rings. The number of rotatable bonds is 14. The number of benzene rings is 4. The van der Waals surface area contributed by atoms with Crippen molar-refractivity contribution in [2.24, 2.45) is 0 Å². The smallest absolute Gasteiger partial charge is 0.319 e. The molecule has 0 aliphatic carbocycles. The number of piperidine rings is 1. The summed E-state index contributed by atoms with van der Waals surface area (Å²) in [6, 6.07) is 33.2. The van der Waals surface area contributed by atoms with Gasteiger partial charge in [-0.3, -0.25) is 4.79 Å². The number of likely N-dealkylation sites (tertiary alicyclic amines) is 1. The second-order valence-electron chi connectivity index (χ2n) is 11.3. The van der Waals surface area contributed by atoms with Crippen LogP contribution in [0.15, 0.2) is 109 Å². The second-order valence-corrected chi connectivity index (χ2v) is 12.1. The van der Waals surface area contributed by atoms with Crippen molar-refractivity contribution in [3.63, 3.8) is 0 Å². The summed E-state index contributed by atoms with van der Waals surface area (Å²) in [4.78, 5) is 29.2. The van der Waals surface area contributed by atoms with E-state index in [2.05, 4.69) is 10.6 Å². The fraction of sp³-hybridized carbons (Fsp3) is 0.297. The predicted molar refractivity (Wildman–Crippen MR) is 184 cm³/mol. The molecule has 1 heterocycles. The van der Waals surface area contributed by atoms with Crippen LogP contribution in [0.4, 0.5) is 10.5 Å². The Labute approximate surface area is 285 Å². The number of halogens is 2. The molecule has 8 nitrogen and oxygen atoms in total. The van der Waals surface area contributed by atoms with Gasteiger partial charge >= 0.3 is 6.03 Å². The lowest BCUT2D eigenvalue weighted by molar-refractivity contribution is -0.208. The Morgan fingerprint density at radius 2 is 1.26 bits per heavy atom. The first-order chi connectivity index (χ1) is 22.9. The number of nitrogens with one attached hydrogen (secondary N) is 2. The average molecular weight is 677 g/mol. The molecule has 10 heteroatoms. The molecule has 2 N–H and O–H groups in total. The van der Waals surface area contributed by atoms with Crippen molar-refractivity contribution in [2.45, 2.75) is 57.5 Å².